The molecule has 0 atom stereocenters. The molecule has 2 rings (SSSR count). The summed E-state index contributed by atoms with van der Waals surface area (Å²) >= 11 is 0. The summed E-state index contributed by atoms with van der Waals surface area (Å²) in [5.74, 6) is 0.470. The van der Waals surface area contributed by atoms with E-state index in [0.717, 1.165) is 42.7 Å². The van der Waals surface area contributed by atoms with E-state index >= 15 is 0 Å². The molecule has 104 valence electrons. The second-order valence-corrected chi connectivity index (χ2v) is 5.75. The maximum absolute atomic E-state index is 12.8. The summed E-state index contributed by atoms with van der Waals surface area (Å²) in [4.78, 5) is 12.8. The van der Waals surface area contributed by atoms with Crippen LogP contribution in [-0.2, 0) is 4.74 Å². The molecule has 1 aromatic rings. The summed E-state index contributed by atoms with van der Waals surface area (Å²) in [6.45, 7) is 12.0. The van der Waals surface area contributed by atoms with Crippen molar-refractivity contribution >= 4 is 5.78 Å². The average Bonchev–Trinajstić information content (AvgIpc) is 2.44. The van der Waals surface area contributed by atoms with Crippen molar-refractivity contribution in [3.63, 3.8) is 0 Å². The molecule has 0 saturated carbocycles. The van der Waals surface area contributed by atoms with Crippen LogP contribution in [0, 0.1) is 40.5 Å². The quantitative estimate of drug-likeness (QED) is 0.755. The topological polar surface area (TPSA) is 26.3 Å². The third kappa shape index (κ3) is 2.46. The lowest BCUT2D eigenvalue weighted by molar-refractivity contribution is 0.0544. The van der Waals surface area contributed by atoms with Crippen LogP contribution in [0.25, 0.3) is 0 Å². The summed E-state index contributed by atoms with van der Waals surface area (Å²) in [5.41, 5.74) is 7.14. The Morgan fingerprint density at radius 1 is 0.842 bits per heavy atom. The van der Waals surface area contributed by atoms with Crippen molar-refractivity contribution in [2.24, 2.45) is 5.92 Å². The molecule has 1 aliphatic heterocycles. The van der Waals surface area contributed by atoms with Gasteiger partial charge in [-0.25, -0.2) is 0 Å². The Morgan fingerprint density at radius 3 is 1.74 bits per heavy atom. The van der Waals surface area contributed by atoms with Gasteiger partial charge in [0.1, 0.15) is 0 Å². The van der Waals surface area contributed by atoms with Crippen LogP contribution in [0.1, 0.15) is 51.0 Å². The first kappa shape index (κ1) is 14.3. The van der Waals surface area contributed by atoms with Crippen molar-refractivity contribution in [1.29, 1.82) is 0 Å². The highest BCUT2D eigenvalue weighted by Gasteiger charge is 2.26. The van der Waals surface area contributed by atoms with Crippen LogP contribution in [0.4, 0.5) is 0 Å². The van der Waals surface area contributed by atoms with Gasteiger partial charge in [0.2, 0.25) is 0 Å². The number of hydrogen-bond acceptors (Lipinski definition) is 2. The fourth-order valence-electron chi connectivity index (χ4n) is 3.03. The van der Waals surface area contributed by atoms with Gasteiger partial charge < -0.3 is 4.74 Å². The maximum Gasteiger partial charge on any atom is 0.166 e. The summed E-state index contributed by atoms with van der Waals surface area (Å²) in [6.07, 6.45) is 1.73. The van der Waals surface area contributed by atoms with Crippen molar-refractivity contribution in [3.8, 4) is 0 Å². The molecule has 0 N–H and O–H groups in total. The Kier molecular flexibility index (Phi) is 4.10. The van der Waals surface area contributed by atoms with E-state index in [0.29, 0.717) is 5.78 Å². The van der Waals surface area contributed by atoms with Gasteiger partial charge in [0.05, 0.1) is 0 Å². The number of benzene rings is 1. The Labute approximate surface area is 116 Å². The normalized spacial score (nSPS) is 16.7. The molecule has 0 spiro atoms. The van der Waals surface area contributed by atoms with Gasteiger partial charge in [-0.2, -0.15) is 0 Å². The van der Waals surface area contributed by atoms with Crippen molar-refractivity contribution in [2.45, 2.75) is 47.5 Å². The molecule has 1 aliphatic rings. The number of rotatable bonds is 2. The number of carbonyl (C=O) groups excluding carboxylic acids is 1. The lowest BCUT2D eigenvalue weighted by atomic mass is 9.82. The van der Waals surface area contributed by atoms with Gasteiger partial charge in [0, 0.05) is 24.7 Å². The van der Waals surface area contributed by atoms with Gasteiger partial charge >= 0.3 is 0 Å². The highest BCUT2D eigenvalue weighted by atomic mass is 16.5. The van der Waals surface area contributed by atoms with Crippen molar-refractivity contribution in [3.05, 3.63) is 33.4 Å². The molecule has 0 aliphatic carbocycles. The molecule has 0 unspecified atom stereocenters. The van der Waals surface area contributed by atoms with E-state index in [9.17, 15) is 4.79 Å². The van der Waals surface area contributed by atoms with E-state index in [-0.39, 0.29) is 5.92 Å². The van der Waals surface area contributed by atoms with Crippen LogP contribution in [-0.4, -0.2) is 19.0 Å². The van der Waals surface area contributed by atoms with Gasteiger partial charge in [-0.1, -0.05) is 0 Å². The van der Waals surface area contributed by atoms with Gasteiger partial charge in [0.15, 0.2) is 5.78 Å². The Bertz CT molecular complexity index is 479. The Balaban J connectivity index is 2.47. The molecular weight excluding hydrogens is 236 g/mol. The fourth-order valence-corrected chi connectivity index (χ4v) is 3.03. The Hall–Kier alpha value is -1.15. The first-order valence-electron chi connectivity index (χ1n) is 7.14. The Morgan fingerprint density at radius 2 is 1.26 bits per heavy atom. The summed E-state index contributed by atoms with van der Waals surface area (Å²) in [6, 6.07) is 0. The minimum Gasteiger partial charge on any atom is -0.381 e. The lowest BCUT2D eigenvalue weighted by Crippen LogP contribution is -2.25. The molecule has 0 aromatic heterocycles. The number of hydrogen-bond donors (Lipinski definition) is 0. The van der Waals surface area contributed by atoms with E-state index in [1.165, 1.54) is 16.7 Å². The van der Waals surface area contributed by atoms with Crippen molar-refractivity contribution < 1.29 is 9.53 Å². The zero-order valence-corrected chi connectivity index (χ0v) is 12.7. The second-order valence-electron chi connectivity index (χ2n) is 5.75. The van der Waals surface area contributed by atoms with Gasteiger partial charge in [-0.3, -0.25) is 4.79 Å². The first-order valence-corrected chi connectivity index (χ1v) is 7.14. The van der Waals surface area contributed by atoms with E-state index < -0.39 is 0 Å². The largest absolute Gasteiger partial charge is 0.381 e. The zero-order valence-electron chi connectivity index (χ0n) is 12.7. The van der Waals surface area contributed by atoms with Crippen molar-refractivity contribution in [1.82, 2.24) is 0 Å². The fraction of sp³-hybridized carbons (Fsp3) is 0.588. The SMILES string of the molecule is Cc1c(C)c(C)c(C(=O)C2CCOCC2)c(C)c1C. The molecule has 2 nitrogen and oxygen atoms in total. The van der Waals surface area contributed by atoms with Gasteiger partial charge in [-0.15, -0.1) is 0 Å². The number of ketones is 1. The molecule has 0 bridgehead atoms. The number of carbonyl (C=O) groups is 1. The molecule has 0 radical (unpaired) electrons. The first-order chi connectivity index (χ1) is 8.95. The summed E-state index contributed by atoms with van der Waals surface area (Å²) < 4.78 is 5.36. The highest BCUT2D eigenvalue weighted by molar-refractivity contribution is 6.01. The predicted octanol–water partition coefficient (Wildman–Crippen LogP) is 3.84. The molecule has 19 heavy (non-hydrogen) atoms. The van der Waals surface area contributed by atoms with E-state index in [2.05, 4.69) is 34.6 Å². The third-order valence-electron chi connectivity index (χ3n) is 4.84. The molecule has 1 fully saturated rings. The van der Waals surface area contributed by atoms with E-state index in [4.69, 9.17) is 4.74 Å². The molecule has 1 heterocycles. The van der Waals surface area contributed by atoms with Crippen molar-refractivity contribution in [2.75, 3.05) is 13.2 Å². The average molecular weight is 260 g/mol. The summed E-state index contributed by atoms with van der Waals surface area (Å²) in [5, 5.41) is 0. The van der Waals surface area contributed by atoms with Gasteiger partial charge in [0.25, 0.3) is 0 Å². The van der Waals surface area contributed by atoms with E-state index in [1.807, 2.05) is 0 Å². The second kappa shape index (κ2) is 5.46. The highest BCUT2D eigenvalue weighted by Crippen LogP contribution is 2.30. The smallest absolute Gasteiger partial charge is 0.166 e. The molecule has 1 saturated heterocycles. The van der Waals surface area contributed by atoms with Crippen LogP contribution >= 0.6 is 0 Å². The van der Waals surface area contributed by atoms with E-state index in [1.54, 1.807) is 0 Å². The standard InChI is InChI=1S/C17H24O2/c1-10-11(2)13(4)16(14(5)12(10)3)17(18)15-6-8-19-9-7-15/h15H,6-9H2,1-5H3. The van der Waals surface area contributed by atoms with Crippen LogP contribution in [0.3, 0.4) is 0 Å². The predicted molar refractivity (Wildman–Crippen MR) is 78.0 cm³/mol. The van der Waals surface area contributed by atoms with Crippen LogP contribution in [0.5, 0.6) is 0 Å². The molecule has 2 heteroatoms. The summed E-state index contributed by atoms with van der Waals surface area (Å²) in [7, 11) is 0. The monoisotopic (exact) mass is 260 g/mol. The minimum absolute atomic E-state index is 0.146. The van der Waals surface area contributed by atoms with Crippen LogP contribution < -0.4 is 0 Å². The zero-order chi connectivity index (χ0) is 14.2. The third-order valence-corrected chi connectivity index (χ3v) is 4.84. The number of Topliss-reactive ketones (excluding diaryl/α,β-unsaturated/α-hetero) is 1. The molecule has 0 amide bonds. The number of ether oxygens (including phenoxy) is 1. The van der Waals surface area contributed by atoms with Gasteiger partial charge in [-0.05, 0) is 75.3 Å². The maximum atomic E-state index is 12.8. The molecule has 1 aromatic carbocycles. The van der Waals surface area contributed by atoms with Crippen LogP contribution in [0.15, 0.2) is 0 Å². The minimum atomic E-state index is 0.146. The lowest BCUT2D eigenvalue weighted by Gasteiger charge is -2.24. The molecular formula is C17H24O2. The van der Waals surface area contributed by atoms with Crippen LogP contribution in [0.2, 0.25) is 0 Å².